The Morgan fingerprint density at radius 2 is 0.722 bits per heavy atom. The van der Waals surface area contributed by atoms with Gasteiger partial charge in [-0.05, 0) is 103 Å². The molecule has 0 aromatic heterocycles. The molecule has 0 aromatic carbocycles. The molecule has 1 N–H and O–H groups in total. The second-order valence-electron chi connectivity index (χ2n) is 22.3. The first-order valence-corrected chi connectivity index (χ1v) is 32.1. The number of carbonyl (C=O) groups excluding carboxylic acids is 2. The topological polar surface area (TPSA) is 108 Å². The molecule has 0 radical (unpaired) electrons. The van der Waals surface area contributed by atoms with Crippen molar-refractivity contribution in [2.45, 2.75) is 270 Å². The molecular weight excluding hydrogens is 983 g/mol. The molecule has 0 amide bonds. The fourth-order valence-corrected chi connectivity index (χ4v) is 8.61. The molecular formula is C70H120NO8+. The third-order valence-electron chi connectivity index (χ3n) is 13.5. The molecule has 2 unspecified atom stereocenters. The number of carboxylic acid groups (broad SMARTS) is 1. The third kappa shape index (κ3) is 61.4. The lowest BCUT2D eigenvalue weighted by Gasteiger charge is -2.25. The van der Waals surface area contributed by atoms with Crippen LogP contribution in [0.2, 0.25) is 0 Å². The Labute approximate surface area is 485 Å². The Morgan fingerprint density at radius 3 is 1.08 bits per heavy atom. The van der Waals surface area contributed by atoms with Crippen molar-refractivity contribution in [3.8, 4) is 0 Å². The van der Waals surface area contributed by atoms with E-state index in [1.54, 1.807) is 0 Å². The van der Waals surface area contributed by atoms with Gasteiger partial charge in [-0.3, -0.25) is 9.59 Å². The van der Waals surface area contributed by atoms with Crippen molar-refractivity contribution in [2.75, 3.05) is 47.5 Å². The number of hydrogen-bond donors (Lipinski definition) is 1. The molecule has 0 aliphatic heterocycles. The Hall–Kier alpha value is -4.05. The van der Waals surface area contributed by atoms with Gasteiger partial charge in [0, 0.05) is 12.8 Å². The molecule has 0 rings (SSSR count). The zero-order chi connectivity index (χ0) is 57.6. The fourth-order valence-electron chi connectivity index (χ4n) is 8.61. The number of hydrogen-bond acceptors (Lipinski definition) is 7. The van der Waals surface area contributed by atoms with Crippen LogP contribution in [0, 0.1) is 0 Å². The summed E-state index contributed by atoms with van der Waals surface area (Å²) >= 11 is 0. The third-order valence-corrected chi connectivity index (χ3v) is 13.5. The normalized spacial score (nSPS) is 13.5. The van der Waals surface area contributed by atoms with E-state index in [0.717, 1.165) is 103 Å². The van der Waals surface area contributed by atoms with Crippen LogP contribution in [-0.2, 0) is 33.3 Å². The van der Waals surface area contributed by atoms with E-state index in [1.807, 2.05) is 21.1 Å². The van der Waals surface area contributed by atoms with Gasteiger partial charge < -0.3 is 28.5 Å². The van der Waals surface area contributed by atoms with E-state index >= 15 is 0 Å². The maximum Gasteiger partial charge on any atom is 0.361 e. The van der Waals surface area contributed by atoms with Crippen molar-refractivity contribution >= 4 is 17.9 Å². The Bertz CT molecular complexity index is 1660. The Kier molecular flexibility index (Phi) is 57.0. The average Bonchev–Trinajstić information content (AvgIpc) is 3.42. The van der Waals surface area contributed by atoms with Gasteiger partial charge in [0.25, 0.3) is 6.29 Å². The minimum absolute atomic E-state index is 0.182. The van der Waals surface area contributed by atoms with Crippen LogP contribution in [0.4, 0.5) is 0 Å². The van der Waals surface area contributed by atoms with Crippen LogP contribution in [0.25, 0.3) is 0 Å². The number of aliphatic carboxylic acids is 1. The smallest absolute Gasteiger partial charge is 0.361 e. The molecule has 0 fully saturated rings. The summed E-state index contributed by atoms with van der Waals surface area (Å²) in [6.07, 6.45) is 80.5. The summed E-state index contributed by atoms with van der Waals surface area (Å²) in [5.41, 5.74) is 0. The van der Waals surface area contributed by atoms with Crippen LogP contribution in [0.15, 0.2) is 109 Å². The highest BCUT2D eigenvalue weighted by atomic mass is 16.7. The Balaban J connectivity index is 4.06. The van der Waals surface area contributed by atoms with Gasteiger partial charge in [-0.2, -0.15) is 0 Å². The zero-order valence-corrected chi connectivity index (χ0v) is 51.5. The average molecular weight is 1100 g/mol. The van der Waals surface area contributed by atoms with E-state index in [2.05, 4.69) is 123 Å². The number of quaternary nitrogens is 1. The molecule has 452 valence electrons. The summed E-state index contributed by atoms with van der Waals surface area (Å²) in [6.45, 7) is 4.72. The number of ether oxygens (including phenoxy) is 4. The molecule has 9 nitrogen and oxygen atoms in total. The van der Waals surface area contributed by atoms with E-state index in [4.69, 9.17) is 18.9 Å². The van der Waals surface area contributed by atoms with E-state index in [0.29, 0.717) is 17.4 Å². The largest absolute Gasteiger partial charge is 0.477 e. The highest BCUT2D eigenvalue weighted by molar-refractivity contribution is 5.71. The fraction of sp³-hybridized carbons (Fsp3) is 0.700. The summed E-state index contributed by atoms with van der Waals surface area (Å²) in [5.74, 6) is -2.02. The summed E-state index contributed by atoms with van der Waals surface area (Å²) in [6, 6.07) is 0. The highest BCUT2D eigenvalue weighted by Gasteiger charge is 2.25. The van der Waals surface area contributed by atoms with Crippen LogP contribution in [0.1, 0.15) is 258 Å². The molecule has 0 bridgehead atoms. The van der Waals surface area contributed by atoms with Crippen LogP contribution in [0.5, 0.6) is 0 Å². The molecule has 0 aromatic rings. The van der Waals surface area contributed by atoms with Gasteiger partial charge >= 0.3 is 17.9 Å². The Morgan fingerprint density at radius 1 is 0.392 bits per heavy atom. The zero-order valence-electron chi connectivity index (χ0n) is 51.5. The van der Waals surface area contributed by atoms with E-state index < -0.39 is 24.3 Å². The SMILES string of the molecule is CC/C=C\C/C=C\C/C=C\C/C=C\C/C=C\C/C=C\C/C=C\CCCCCCCCCCCCCCCCCCCC(=O)OC(COC(=O)CCCCCCC/C=C\C/C=C\CCCCC)COC(OCC[N+](C)(C)C)C(=O)O. The predicted octanol–water partition coefficient (Wildman–Crippen LogP) is 19.5. The van der Waals surface area contributed by atoms with Gasteiger partial charge in [-0.1, -0.05) is 252 Å². The van der Waals surface area contributed by atoms with Crippen LogP contribution in [0.3, 0.4) is 0 Å². The first kappa shape index (κ1) is 75.0. The number of rotatable bonds is 58. The minimum atomic E-state index is -1.52. The lowest BCUT2D eigenvalue weighted by molar-refractivity contribution is -0.870. The lowest BCUT2D eigenvalue weighted by Crippen LogP contribution is -2.40. The van der Waals surface area contributed by atoms with E-state index in [1.165, 1.54) is 122 Å². The van der Waals surface area contributed by atoms with Gasteiger partial charge in [0.05, 0.1) is 34.4 Å². The van der Waals surface area contributed by atoms with Crippen molar-refractivity contribution in [1.29, 1.82) is 0 Å². The van der Waals surface area contributed by atoms with Gasteiger partial charge in [-0.25, -0.2) is 4.79 Å². The first-order chi connectivity index (χ1) is 38.6. The summed E-state index contributed by atoms with van der Waals surface area (Å²) in [5, 5.41) is 9.71. The first-order valence-electron chi connectivity index (χ1n) is 32.1. The monoisotopic (exact) mass is 1100 g/mol. The molecule has 0 spiro atoms. The van der Waals surface area contributed by atoms with Gasteiger partial charge in [0.2, 0.25) is 0 Å². The van der Waals surface area contributed by atoms with Crippen LogP contribution >= 0.6 is 0 Å². The number of likely N-dealkylation sites (N-methyl/N-ethyl adjacent to an activating group) is 1. The van der Waals surface area contributed by atoms with Crippen molar-refractivity contribution in [3.05, 3.63) is 109 Å². The molecule has 0 saturated heterocycles. The maximum absolute atomic E-state index is 12.9. The second kappa shape index (κ2) is 60.1. The van der Waals surface area contributed by atoms with Crippen molar-refractivity contribution < 1.29 is 42.9 Å². The summed E-state index contributed by atoms with van der Waals surface area (Å²) in [4.78, 5) is 37.4. The second-order valence-corrected chi connectivity index (χ2v) is 22.3. The number of allylic oxidation sites excluding steroid dienone is 18. The predicted molar refractivity (Wildman–Crippen MR) is 336 cm³/mol. The van der Waals surface area contributed by atoms with Gasteiger partial charge in [0.15, 0.2) is 6.10 Å². The van der Waals surface area contributed by atoms with Crippen molar-refractivity contribution in [1.82, 2.24) is 0 Å². The highest BCUT2D eigenvalue weighted by Crippen LogP contribution is 2.16. The van der Waals surface area contributed by atoms with Gasteiger partial charge in [-0.15, -0.1) is 0 Å². The number of carboxylic acids is 1. The lowest BCUT2D eigenvalue weighted by atomic mass is 10.0. The van der Waals surface area contributed by atoms with Crippen LogP contribution in [-0.4, -0.2) is 87.4 Å². The van der Waals surface area contributed by atoms with E-state index in [-0.39, 0.29) is 38.6 Å². The van der Waals surface area contributed by atoms with Crippen molar-refractivity contribution in [2.24, 2.45) is 0 Å². The minimum Gasteiger partial charge on any atom is -0.477 e. The number of nitrogens with zero attached hydrogens (tertiary/aromatic N) is 1. The van der Waals surface area contributed by atoms with E-state index in [9.17, 15) is 19.5 Å². The number of esters is 2. The number of carbonyl (C=O) groups is 3. The van der Waals surface area contributed by atoms with Crippen LogP contribution < -0.4 is 0 Å². The standard InChI is InChI=1S/C70H119NO8/c1-6-8-10-12-14-16-18-20-22-23-24-25-26-27-28-29-30-31-32-33-34-35-36-37-38-39-40-41-42-43-44-45-47-49-51-53-55-57-59-61-68(73)79-66(65-78-70(69(74)75)76-63-62-71(3,4)5)64-77-67(72)60-58-56-54-52-50-48-46-21-19-17-15-13-11-9-7-2/h8,10,14-17,20-22,24-25,27-28,30-31,33-34,46,66,70H,6-7,9,11-13,18-19,23,26,29,32,35-45,47-65H2,1-5H3/p+1/b10-8-,16-14-,17-15-,22-20-,25-24-,28-27-,31-30-,34-33-,46-21-. The molecule has 0 aliphatic rings. The maximum atomic E-state index is 12.9. The quantitative estimate of drug-likeness (QED) is 0.0211. The molecule has 0 aliphatic carbocycles. The number of unbranched alkanes of at least 4 members (excludes halogenated alkanes) is 25. The molecule has 9 heteroatoms. The molecule has 0 saturated carbocycles. The van der Waals surface area contributed by atoms with Crippen molar-refractivity contribution in [3.63, 3.8) is 0 Å². The van der Waals surface area contributed by atoms with Gasteiger partial charge in [0.1, 0.15) is 13.2 Å². The molecule has 0 heterocycles. The molecule has 79 heavy (non-hydrogen) atoms. The summed E-state index contributed by atoms with van der Waals surface area (Å²) in [7, 11) is 5.96. The summed E-state index contributed by atoms with van der Waals surface area (Å²) < 4.78 is 22.9. The molecule has 2 atom stereocenters.